The van der Waals surface area contributed by atoms with E-state index in [1.165, 1.54) is 0 Å². The fourth-order valence-electron chi connectivity index (χ4n) is 1.83. The Hall–Kier alpha value is -0.190. The number of hydrogen-bond donors (Lipinski definition) is 1. The molecular formula is C13H25O5P. The second-order valence-electron chi connectivity index (χ2n) is 5.28. The molecule has 1 aliphatic carbocycles. The van der Waals surface area contributed by atoms with Gasteiger partial charge in [-0.15, -0.1) is 0 Å². The van der Waals surface area contributed by atoms with Crippen LogP contribution in [0.5, 0.6) is 0 Å². The topological polar surface area (TPSA) is 65.0 Å². The van der Waals surface area contributed by atoms with Gasteiger partial charge in [0.2, 0.25) is 0 Å². The fraction of sp³-hybridized carbons (Fsp3) is 0.846. The van der Waals surface area contributed by atoms with Crippen LogP contribution in [-0.2, 0) is 18.3 Å². The van der Waals surface area contributed by atoms with Crippen molar-refractivity contribution in [2.75, 3.05) is 6.35 Å². The quantitative estimate of drug-likeness (QED) is 0.577. The highest BCUT2D eigenvalue weighted by Gasteiger charge is 2.29. The van der Waals surface area contributed by atoms with E-state index < -0.39 is 13.7 Å². The molecule has 5 nitrogen and oxygen atoms in total. The van der Waals surface area contributed by atoms with Gasteiger partial charge >= 0.3 is 7.60 Å². The second-order valence-corrected chi connectivity index (χ2v) is 7.18. The van der Waals surface area contributed by atoms with E-state index in [1.54, 1.807) is 12.2 Å². The van der Waals surface area contributed by atoms with E-state index >= 15 is 0 Å². The number of hydrogen-bond acceptors (Lipinski definition) is 5. The van der Waals surface area contributed by atoms with Crippen LogP contribution >= 0.6 is 7.60 Å². The third kappa shape index (κ3) is 6.68. The third-order valence-corrected chi connectivity index (χ3v) is 4.44. The summed E-state index contributed by atoms with van der Waals surface area (Å²) in [6.45, 7) is 7.25. The van der Waals surface area contributed by atoms with Gasteiger partial charge in [0.1, 0.15) is 6.35 Å². The van der Waals surface area contributed by atoms with Crippen molar-refractivity contribution >= 4 is 7.60 Å². The first-order chi connectivity index (χ1) is 8.81. The summed E-state index contributed by atoms with van der Waals surface area (Å²) in [6.07, 6.45) is 3.90. The number of aliphatic hydroxyl groups is 1. The molecular weight excluding hydrogens is 267 g/mol. The molecule has 0 radical (unpaired) electrons. The van der Waals surface area contributed by atoms with Crippen molar-refractivity contribution in [3.63, 3.8) is 0 Å². The van der Waals surface area contributed by atoms with Crippen molar-refractivity contribution in [2.24, 2.45) is 0 Å². The standard InChI is InChI=1S/C13H25O5P/c1-10(2)17-19(15,18-11(3)4)9-16-13-7-5-12(14)6-8-13/h5,7,10-14H,6,8-9H2,1-4H3/t12-,13-/m1/s1. The number of aliphatic hydroxyl groups excluding tert-OH is 1. The molecule has 19 heavy (non-hydrogen) atoms. The molecule has 6 heteroatoms. The fourth-order valence-corrected chi connectivity index (χ4v) is 3.66. The van der Waals surface area contributed by atoms with Gasteiger partial charge in [-0.1, -0.05) is 12.2 Å². The highest BCUT2D eigenvalue weighted by Crippen LogP contribution is 2.50. The molecule has 0 bridgehead atoms. The van der Waals surface area contributed by atoms with E-state index in [2.05, 4.69) is 0 Å². The van der Waals surface area contributed by atoms with Crippen LogP contribution in [0, 0.1) is 0 Å². The summed E-state index contributed by atoms with van der Waals surface area (Å²) in [7, 11) is -3.23. The van der Waals surface area contributed by atoms with Crippen molar-refractivity contribution in [3.05, 3.63) is 12.2 Å². The average Bonchev–Trinajstić information content (AvgIpc) is 2.26. The molecule has 1 N–H and O–H groups in total. The van der Waals surface area contributed by atoms with E-state index in [4.69, 9.17) is 13.8 Å². The summed E-state index contributed by atoms with van der Waals surface area (Å²) in [5, 5.41) is 9.35. The Balaban J connectivity index is 2.53. The highest BCUT2D eigenvalue weighted by molar-refractivity contribution is 7.53. The molecule has 112 valence electrons. The van der Waals surface area contributed by atoms with Crippen LogP contribution in [0.3, 0.4) is 0 Å². The minimum atomic E-state index is -3.23. The Bertz CT molecular complexity index is 326. The minimum Gasteiger partial charge on any atom is -0.389 e. The Labute approximate surface area is 115 Å². The van der Waals surface area contributed by atoms with Crippen LogP contribution in [0.25, 0.3) is 0 Å². The largest absolute Gasteiger partial charge is 0.389 e. The van der Waals surface area contributed by atoms with Gasteiger partial charge in [0, 0.05) is 0 Å². The average molecular weight is 292 g/mol. The van der Waals surface area contributed by atoms with Gasteiger partial charge in [-0.3, -0.25) is 4.57 Å². The van der Waals surface area contributed by atoms with Gasteiger partial charge in [-0.2, -0.15) is 0 Å². The van der Waals surface area contributed by atoms with Gasteiger partial charge in [0.15, 0.2) is 0 Å². The molecule has 1 rings (SSSR count). The van der Waals surface area contributed by atoms with Crippen molar-refractivity contribution in [2.45, 2.75) is 65.0 Å². The lowest BCUT2D eigenvalue weighted by molar-refractivity contribution is 0.0595. The van der Waals surface area contributed by atoms with Gasteiger partial charge < -0.3 is 18.9 Å². The first-order valence-corrected chi connectivity index (χ1v) is 8.47. The van der Waals surface area contributed by atoms with Crippen molar-refractivity contribution in [1.82, 2.24) is 0 Å². The summed E-state index contributed by atoms with van der Waals surface area (Å²) in [6, 6.07) is 0. The Kier molecular flexibility index (Phi) is 6.71. The van der Waals surface area contributed by atoms with Gasteiger partial charge in [0.05, 0.1) is 24.4 Å². The van der Waals surface area contributed by atoms with Gasteiger partial charge in [0.25, 0.3) is 0 Å². The monoisotopic (exact) mass is 292 g/mol. The lowest BCUT2D eigenvalue weighted by Gasteiger charge is -2.25. The molecule has 0 aromatic carbocycles. The predicted octanol–water partition coefficient (Wildman–Crippen LogP) is 3.08. The van der Waals surface area contributed by atoms with E-state index in [0.717, 1.165) is 0 Å². The van der Waals surface area contributed by atoms with Gasteiger partial charge in [-0.25, -0.2) is 0 Å². The Morgan fingerprint density at radius 2 is 1.74 bits per heavy atom. The number of rotatable bonds is 7. The maximum absolute atomic E-state index is 12.5. The Morgan fingerprint density at radius 3 is 2.16 bits per heavy atom. The maximum Gasteiger partial charge on any atom is 0.356 e. The lowest BCUT2D eigenvalue weighted by atomic mass is 10.0. The highest BCUT2D eigenvalue weighted by atomic mass is 31.2. The van der Waals surface area contributed by atoms with Crippen molar-refractivity contribution < 1.29 is 23.5 Å². The molecule has 0 aromatic rings. The minimum absolute atomic E-state index is 0.0610. The summed E-state index contributed by atoms with van der Waals surface area (Å²) >= 11 is 0. The van der Waals surface area contributed by atoms with E-state index in [0.29, 0.717) is 12.8 Å². The molecule has 0 unspecified atom stereocenters. The van der Waals surface area contributed by atoms with Crippen LogP contribution in [0.1, 0.15) is 40.5 Å². The van der Waals surface area contributed by atoms with Crippen LogP contribution in [0.2, 0.25) is 0 Å². The summed E-state index contributed by atoms with van der Waals surface area (Å²) < 4.78 is 28.9. The third-order valence-electron chi connectivity index (χ3n) is 2.48. The summed E-state index contributed by atoms with van der Waals surface area (Å²) in [4.78, 5) is 0. The zero-order chi connectivity index (χ0) is 14.5. The lowest BCUT2D eigenvalue weighted by Crippen LogP contribution is -2.21. The Morgan fingerprint density at radius 1 is 1.16 bits per heavy atom. The SMILES string of the molecule is CC(C)OP(=O)(CO[C@@H]1C=C[C@@H](O)CC1)OC(C)C. The van der Waals surface area contributed by atoms with Crippen LogP contribution in [0.4, 0.5) is 0 Å². The molecule has 1 aliphatic rings. The van der Waals surface area contributed by atoms with Crippen LogP contribution in [0.15, 0.2) is 12.2 Å². The molecule has 0 fully saturated rings. The first-order valence-electron chi connectivity index (χ1n) is 6.74. The molecule has 0 amide bonds. The van der Waals surface area contributed by atoms with E-state index in [9.17, 15) is 9.67 Å². The van der Waals surface area contributed by atoms with E-state index in [1.807, 2.05) is 27.7 Å². The zero-order valence-electron chi connectivity index (χ0n) is 12.1. The molecule has 0 saturated heterocycles. The molecule has 0 aliphatic heterocycles. The second kappa shape index (κ2) is 7.55. The summed E-state index contributed by atoms with van der Waals surface area (Å²) in [5.41, 5.74) is 0. The number of ether oxygens (including phenoxy) is 1. The summed E-state index contributed by atoms with van der Waals surface area (Å²) in [5.74, 6) is 0. The maximum atomic E-state index is 12.5. The van der Waals surface area contributed by atoms with Crippen molar-refractivity contribution in [3.8, 4) is 0 Å². The van der Waals surface area contributed by atoms with Crippen LogP contribution < -0.4 is 0 Å². The first kappa shape index (κ1) is 16.9. The smallest absolute Gasteiger partial charge is 0.356 e. The van der Waals surface area contributed by atoms with Gasteiger partial charge in [-0.05, 0) is 40.5 Å². The molecule has 2 atom stereocenters. The molecule has 0 aromatic heterocycles. The zero-order valence-corrected chi connectivity index (χ0v) is 13.0. The predicted molar refractivity (Wildman–Crippen MR) is 74.2 cm³/mol. The van der Waals surface area contributed by atoms with Crippen LogP contribution in [-0.4, -0.2) is 35.9 Å². The molecule has 0 heterocycles. The van der Waals surface area contributed by atoms with E-state index in [-0.39, 0.29) is 24.7 Å². The molecule has 0 spiro atoms. The van der Waals surface area contributed by atoms with Crippen molar-refractivity contribution in [1.29, 1.82) is 0 Å². The normalized spacial score (nSPS) is 24.4. The molecule has 0 saturated carbocycles.